The van der Waals surface area contributed by atoms with E-state index in [1.807, 2.05) is 17.0 Å². The van der Waals surface area contributed by atoms with Gasteiger partial charge in [0.25, 0.3) is 0 Å². The van der Waals surface area contributed by atoms with E-state index in [0.717, 1.165) is 51.0 Å². The average Bonchev–Trinajstić information content (AvgIpc) is 3.28. The molecule has 0 bridgehead atoms. The van der Waals surface area contributed by atoms with E-state index in [1.165, 1.54) is 6.07 Å². The lowest BCUT2D eigenvalue weighted by Gasteiger charge is -2.35. The summed E-state index contributed by atoms with van der Waals surface area (Å²) in [5.74, 6) is 0.585. The number of halogens is 1. The molecule has 0 unspecified atom stereocenters. The minimum absolute atomic E-state index is 0.228. The fourth-order valence-electron chi connectivity index (χ4n) is 3.83. The van der Waals surface area contributed by atoms with Crippen molar-refractivity contribution in [3.8, 4) is 11.3 Å². The van der Waals surface area contributed by atoms with Crippen molar-refractivity contribution in [1.29, 1.82) is 0 Å². The minimum Gasteiger partial charge on any atom is -0.369 e. The molecule has 2 aliphatic heterocycles. The Bertz CT molecular complexity index is 740. The van der Waals surface area contributed by atoms with E-state index in [2.05, 4.69) is 20.3 Å². The average molecular weight is 343 g/mol. The highest BCUT2D eigenvalue weighted by Crippen LogP contribution is 2.29. The molecule has 0 aliphatic carbocycles. The monoisotopic (exact) mass is 343 g/mol. The van der Waals surface area contributed by atoms with Crippen LogP contribution in [0.4, 0.5) is 10.1 Å². The van der Waals surface area contributed by atoms with Crippen molar-refractivity contribution in [1.82, 2.24) is 20.3 Å². The summed E-state index contributed by atoms with van der Waals surface area (Å²) < 4.78 is 14.5. The van der Waals surface area contributed by atoms with Crippen molar-refractivity contribution >= 4 is 11.6 Å². The Morgan fingerprint density at radius 2 is 2.08 bits per heavy atom. The quantitative estimate of drug-likeness (QED) is 0.926. The van der Waals surface area contributed by atoms with Gasteiger partial charge in [0, 0.05) is 38.2 Å². The third-order valence-electron chi connectivity index (χ3n) is 5.26. The lowest BCUT2D eigenvalue weighted by atomic mass is 9.95. The third-order valence-corrected chi connectivity index (χ3v) is 5.26. The first-order valence-corrected chi connectivity index (χ1v) is 8.89. The van der Waals surface area contributed by atoms with E-state index in [4.69, 9.17) is 0 Å². The maximum Gasteiger partial charge on any atom is 0.222 e. The molecule has 2 saturated heterocycles. The number of nitrogens with zero attached hydrogens (tertiary/aromatic N) is 4. The van der Waals surface area contributed by atoms with Gasteiger partial charge in [0.15, 0.2) is 0 Å². The molecule has 1 aromatic heterocycles. The number of aromatic amines is 1. The van der Waals surface area contributed by atoms with Crippen LogP contribution in [0.2, 0.25) is 0 Å². The summed E-state index contributed by atoms with van der Waals surface area (Å²) in [5, 5.41) is 10.3. The zero-order valence-electron chi connectivity index (χ0n) is 14.1. The number of hydrogen-bond donors (Lipinski definition) is 1. The van der Waals surface area contributed by atoms with Crippen LogP contribution < -0.4 is 4.90 Å². The number of aromatic nitrogens is 3. The molecule has 1 amide bonds. The Morgan fingerprint density at radius 1 is 1.24 bits per heavy atom. The molecule has 0 saturated carbocycles. The number of hydrogen-bond acceptors (Lipinski definition) is 4. The van der Waals surface area contributed by atoms with Gasteiger partial charge >= 0.3 is 0 Å². The molecule has 3 heterocycles. The van der Waals surface area contributed by atoms with Gasteiger partial charge in [0.1, 0.15) is 11.5 Å². The van der Waals surface area contributed by atoms with Gasteiger partial charge in [-0.3, -0.25) is 4.79 Å². The summed E-state index contributed by atoms with van der Waals surface area (Å²) in [6.07, 6.45) is 5.25. The molecule has 0 spiro atoms. The lowest BCUT2D eigenvalue weighted by Crippen LogP contribution is -2.39. The highest BCUT2D eigenvalue weighted by atomic mass is 19.1. The third kappa shape index (κ3) is 3.36. The van der Waals surface area contributed by atoms with Crippen molar-refractivity contribution in [2.45, 2.75) is 25.7 Å². The summed E-state index contributed by atoms with van der Waals surface area (Å²) in [7, 11) is 0. The number of likely N-dealkylation sites (tertiary alicyclic amines) is 1. The topological polar surface area (TPSA) is 65.1 Å². The number of anilines is 1. The van der Waals surface area contributed by atoms with Crippen LogP contribution >= 0.6 is 0 Å². The van der Waals surface area contributed by atoms with Crippen molar-refractivity contribution in [2.24, 2.45) is 5.92 Å². The van der Waals surface area contributed by atoms with Gasteiger partial charge in [-0.25, -0.2) is 4.39 Å². The van der Waals surface area contributed by atoms with Crippen LogP contribution in [0.3, 0.4) is 0 Å². The van der Waals surface area contributed by atoms with Gasteiger partial charge in [0.05, 0.1) is 11.9 Å². The van der Waals surface area contributed by atoms with Crippen molar-refractivity contribution in [3.63, 3.8) is 0 Å². The van der Waals surface area contributed by atoms with Gasteiger partial charge in [-0.05, 0) is 37.3 Å². The number of carbonyl (C=O) groups excluding carboxylic acids is 1. The Balaban J connectivity index is 1.38. The predicted octanol–water partition coefficient (Wildman–Crippen LogP) is 2.45. The molecular weight excluding hydrogens is 321 g/mol. The summed E-state index contributed by atoms with van der Waals surface area (Å²) >= 11 is 0. The molecule has 4 rings (SSSR count). The van der Waals surface area contributed by atoms with Crippen LogP contribution in [0.5, 0.6) is 0 Å². The molecule has 1 aromatic carbocycles. The van der Waals surface area contributed by atoms with Crippen molar-refractivity contribution < 1.29 is 9.18 Å². The lowest BCUT2D eigenvalue weighted by molar-refractivity contribution is -0.128. The fraction of sp³-hybridized carbons (Fsp3) is 0.500. The highest BCUT2D eigenvalue weighted by molar-refractivity contribution is 5.78. The molecule has 6 nitrogen and oxygen atoms in total. The second kappa shape index (κ2) is 6.82. The molecule has 7 heteroatoms. The predicted molar refractivity (Wildman–Crippen MR) is 92.5 cm³/mol. The molecule has 0 atom stereocenters. The van der Waals surface area contributed by atoms with E-state index in [-0.39, 0.29) is 11.7 Å². The number of H-pyrrole nitrogens is 1. The van der Waals surface area contributed by atoms with Crippen LogP contribution in [0.1, 0.15) is 25.7 Å². The Kier molecular flexibility index (Phi) is 4.38. The summed E-state index contributed by atoms with van der Waals surface area (Å²) in [6.45, 7) is 3.41. The van der Waals surface area contributed by atoms with E-state index in [9.17, 15) is 9.18 Å². The SMILES string of the molecule is O=C1CCCN1CC1CCN(c2ccc(-c3cn[nH]n3)cc2F)CC1. The minimum atomic E-state index is -0.228. The normalized spacial score (nSPS) is 19.0. The molecular formula is C18H22FN5O. The summed E-state index contributed by atoms with van der Waals surface area (Å²) in [6, 6.07) is 5.22. The standard InChI is InChI=1S/C18H22FN5O/c19-15-10-14(16-11-20-22-21-16)3-4-17(15)23-8-5-13(6-9-23)12-24-7-1-2-18(24)25/h3-4,10-11,13H,1-2,5-9,12H2,(H,20,21,22). The maximum atomic E-state index is 14.5. The number of benzene rings is 1. The summed E-state index contributed by atoms with van der Waals surface area (Å²) in [5.41, 5.74) is 2.00. The Labute approximate surface area is 146 Å². The van der Waals surface area contributed by atoms with Crippen LogP contribution in [0.15, 0.2) is 24.4 Å². The molecule has 2 aliphatic rings. The van der Waals surface area contributed by atoms with Crippen LogP contribution in [0, 0.1) is 11.7 Å². The molecule has 25 heavy (non-hydrogen) atoms. The first kappa shape index (κ1) is 16.1. The van der Waals surface area contributed by atoms with Gasteiger partial charge < -0.3 is 9.80 Å². The van der Waals surface area contributed by atoms with Gasteiger partial charge in [0.2, 0.25) is 5.91 Å². The second-order valence-electron chi connectivity index (χ2n) is 6.90. The maximum absolute atomic E-state index is 14.5. The number of piperidine rings is 1. The fourth-order valence-corrected chi connectivity index (χ4v) is 3.83. The second-order valence-corrected chi connectivity index (χ2v) is 6.90. The van der Waals surface area contributed by atoms with Crippen LogP contribution in [-0.4, -0.2) is 52.4 Å². The molecule has 2 fully saturated rings. The van der Waals surface area contributed by atoms with Crippen molar-refractivity contribution in [3.05, 3.63) is 30.2 Å². The number of rotatable bonds is 4. The van der Waals surface area contributed by atoms with Crippen molar-refractivity contribution in [2.75, 3.05) is 31.1 Å². The van der Waals surface area contributed by atoms with Gasteiger partial charge in [-0.1, -0.05) is 6.07 Å². The molecule has 132 valence electrons. The van der Waals surface area contributed by atoms with E-state index in [1.54, 1.807) is 6.20 Å². The van der Waals surface area contributed by atoms with E-state index < -0.39 is 0 Å². The first-order valence-electron chi connectivity index (χ1n) is 8.89. The number of carbonyl (C=O) groups is 1. The number of amides is 1. The Morgan fingerprint density at radius 3 is 2.72 bits per heavy atom. The zero-order chi connectivity index (χ0) is 17.2. The smallest absolute Gasteiger partial charge is 0.222 e. The Hall–Kier alpha value is -2.44. The first-order chi connectivity index (χ1) is 12.2. The van der Waals surface area contributed by atoms with Crippen LogP contribution in [0.25, 0.3) is 11.3 Å². The van der Waals surface area contributed by atoms with E-state index in [0.29, 0.717) is 23.7 Å². The zero-order valence-corrected chi connectivity index (χ0v) is 14.1. The van der Waals surface area contributed by atoms with Gasteiger partial charge in [-0.2, -0.15) is 15.4 Å². The molecule has 1 N–H and O–H groups in total. The van der Waals surface area contributed by atoms with Gasteiger partial charge in [-0.15, -0.1) is 0 Å². The van der Waals surface area contributed by atoms with E-state index >= 15 is 0 Å². The summed E-state index contributed by atoms with van der Waals surface area (Å²) in [4.78, 5) is 15.9. The number of nitrogens with one attached hydrogen (secondary N) is 1. The largest absolute Gasteiger partial charge is 0.369 e. The molecule has 2 aromatic rings. The highest BCUT2D eigenvalue weighted by Gasteiger charge is 2.27. The van der Waals surface area contributed by atoms with Crippen LogP contribution in [-0.2, 0) is 4.79 Å². The molecule has 0 radical (unpaired) electrons.